The standard InChI is InChI=1S/C21H24FN3O3/c1-4-19(26)17-8-18(21(27)23-20-14-9-28-10-15(14)20)25(24-17)12(3)13-6-5-11(2)16(22)7-13/h5-8,12,14-15,20H,4,9-10H2,1-3H3,(H,23,27)/t12-,14-,15+,20?/m0/s1. The summed E-state index contributed by atoms with van der Waals surface area (Å²) in [5, 5.41) is 7.43. The maximum Gasteiger partial charge on any atom is 0.269 e. The molecular weight excluding hydrogens is 361 g/mol. The largest absolute Gasteiger partial charge is 0.381 e. The van der Waals surface area contributed by atoms with E-state index in [1.54, 1.807) is 19.9 Å². The molecule has 2 aromatic rings. The number of fused-ring (bicyclic) bond motifs is 1. The van der Waals surface area contributed by atoms with Gasteiger partial charge in [-0.15, -0.1) is 0 Å². The van der Waals surface area contributed by atoms with Crippen LogP contribution in [0.15, 0.2) is 24.3 Å². The van der Waals surface area contributed by atoms with E-state index in [1.165, 1.54) is 16.8 Å². The normalized spacial score (nSPS) is 23.9. The summed E-state index contributed by atoms with van der Waals surface area (Å²) >= 11 is 0. The van der Waals surface area contributed by atoms with Gasteiger partial charge in [-0.1, -0.05) is 19.1 Å². The number of Topliss-reactive ketones (excluding diaryl/α,β-unsaturated/α-hetero) is 1. The number of hydrogen-bond donors (Lipinski definition) is 1. The van der Waals surface area contributed by atoms with E-state index in [2.05, 4.69) is 10.4 Å². The molecule has 148 valence electrons. The summed E-state index contributed by atoms with van der Waals surface area (Å²) in [6, 6.07) is 6.23. The van der Waals surface area contributed by atoms with E-state index in [0.29, 0.717) is 48.3 Å². The van der Waals surface area contributed by atoms with Gasteiger partial charge >= 0.3 is 0 Å². The van der Waals surface area contributed by atoms with Crippen molar-refractivity contribution in [2.24, 2.45) is 11.8 Å². The number of ether oxygens (including phenoxy) is 1. The van der Waals surface area contributed by atoms with Crippen molar-refractivity contribution in [1.82, 2.24) is 15.1 Å². The molecule has 1 saturated heterocycles. The Morgan fingerprint density at radius 2 is 2.04 bits per heavy atom. The molecule has 0 radical (unpaired) electrons. The Morgan fingerprint density at radius 3 is 2.68 bits per heavy atom. The number of carbonyl (C=O) groups excluding carboxylic acids is 2. The first-order chi connectivity index (χ1) is 13.4. The minimum absolute atomic E-state index is 0.113. The first-order valence-electron chi connectivity index (χ1n) is 9.68. The molecule has 1 aromatic carbocycles. The highest BCUT2D eigenvalue weighted by Crippen LogP contribution is 2.44. The molecule has 1 saturated carbocycles. The number of hydrogen-bond acceptors (Lipinski definition) is 4. The molecule has 6 nitrogen and oxygen atoms in total. The van der Waals surface area contributed by atoms with E-state index in [4.69, 9.17) is 4.74 Å². The molecule has 1 aromatic heterocycles. The highest BCUT2D eigenvalue weighted by Gasteiger charge is 2.55. The Hall–Kier alpha value is -2.54. The van der Waals surface area contributed by atoms with Gasteiger partial charge in [-0.05, 0) is 31.0 Å². The van der Waals surface area contributed by atoms with Gasteiger partial charge in [-0.2, -0.15) is 5.10 Å². The quantitative estimate of drug-likeness (QED) is 0.776. The van der Waals surface area contributed by atoms with Crippen LogP contribution in [0.3, 0.4) is 0 Å². The minimum Gasteiger partial charge on any atom is -0.381 e. The lowest BCUT2D eigenvalue weighted by Gasteiger charge is -2.17. The first kappa shape index (κ1) is 18.8. The lowest BCUT2D eigenvalue weighted by molar-refractivity contribution is 0.0916. The topological polar surface area (TPSA) is 73.2 Å². The summed E-state index contributed by atoms with van der Waals surface area (Å²) in [6.07, 6.45) is 0.301. The van der Waals surface area contributed by atoms with Gasteiger partial charge < -0.3 is 10.1 Å². The van der Waals surface area contributed by atoms with Crippen LogP contribution in [-0.4, -0.2) is 40.7 Å². The molecule has 1 aliphatic carbocycles. The van der Waals surface area contributed by atoms with Crippen LogP contribution in [0.1, 0.15) is 58.4 Å². The van der Waals surface area contributed by atoms with Crippen molar-refractivity contribution in [3.05, 3.63) is 52.6 Å². The molecule has 4 rings (SSSR count). The van der Waals surface area contributed by atoms with Gasteiger partial charge in [0.1, 0.15) is 17.2 Å². The molecule has 7 heteroatoms. The SMILES string of the molecule is CCC(=O)c1cc(C(=O)NC2[C@H]3COC[C@@H]23)n([C@@H](C)c2ccc(C)c(F)c2)n1. The highest BCUT2D eigenvalue weighted by atomic mass is 19.1. The highest BCUT2D eigenvalue weighted by molar-refractivity contribution is 5.99. The maximum atomic E-state index is 14.0. The predicted molar refractivity (Wildman–Crippen MR) is 101 cm³/mol. The van der Waals surface area contributed by atoms with Crippen molar-refractivity contribution in [3.8, 4) is 0 Å². The van der Waals surface area contributed by atoms with Crippen molar-refractivity contribution in [3.63, 3.8) is 0 Å². The third-order valence-electron chi connectivity index (χ3n) is 5.87. The van der Waals surface area contributed by atoms with Crippen LogP contribution in [0.5, 0.6) is 0 Å². The molecule has 0 bridgehead atoms. The van der Waals surface area contributed by atoms with Crippen molar-refractivity contribution < 1.29 is 18.7 Å². The molecule has 2 heterocycles. The Labute approximate surface area is 163 Å². The summed E-state index contributed by atoms with van der Waals surface area (Å²) in [6.45, 7) is 6.64. The lowest BCUT2D eigenvalue weighted by atomic mass is 10.1. The second-order valence-corrected chi connectivity index (χ2v) is 7.69. The van der Waals surface area contributed by atoms with Gasteiger partial charge in [0.25, 0.3) is 5.91 Å². The molecule has 2 fully saturated rings. The third kappa shape index (κ3) is 3.24. The van der Waals surface area contributed by atoms with Crippen LogP contribution >= 0.6 is 0 Å². The molecule has 4 atom stereocenters. The molecule has 28 heavy (non-hydrogen) atoms. The maximum absolute atomic E-state index is 14.0. The number of amides is 1. The van der Waals surface area contributed by atoms with Gasteiger partial charge in [0.15, 0.2) is 5.78 Å². The number of aromatic nitrogens is 2. The summed E-state index contributed by atoms with van der Waals surface area (Å²) in [7, 11) is 0. The van der Waals surface area contributed by atoms with Gasteiger partial charge in [-0.25, -0.2) is 4.39 Å². The van der Waals surface area contributed by atoms with Crippen LogP contribution in [-0.2, 0) is 4.74 Å². The molecule has 1 N–H and O–H groups in total. The average molecular weight is 385 g/mol. The van der Waals surface area contributed by atoms with Crippen molar-refractivity contribution in [1.29, 1.82) is 0 Å². The molecule has 1 unspecified atom stereocenters. The number of rotatable bonds is 6. The fourth-order valence-corrected chi connectivity index (χ4v) is 3.87. The summed E-state index contributed by atoms with van der Waals surface area (Å²) in [5.41, 5.74) is 1.81. The molecule has 0 spiro atoms. The number of halogens is 1. The molecule has 1 amide bonds. The second-order valence-electron chi connectivity index (χ2n) is 7.69. The van der Waals surface area contributed by atoms with E-state index >= 15 is 0 Å². The Morgan fingerprint density at radius 1 is 1.32 bits per heavy atom. The number of nitrogens with zero attached hydrogens (tertiary/aromatic N) is 2. The number of aryl methyl sites for hydroxylation is 1. The van der Waals surface area contributed by atoms with Crippen molar-refractivity contribution >= 4 is 11.7 Å². The monoisotopic (exact) mass is 385 g/mol. The Balaban J connectivity index is 1.64. The van der Waals surface area contributed by atoms with Gasteiger partial charge in [0, 0.05) is 30.4 Å². The summed E-state index contributed by atoms with van der Waals surface area (Å²) in [5.74, 6) is 0.0489. The van der Waals surface area contributed by atoms with Crippen LogP contribution < -0.4 is 5.32 Å². The number of benzene rings is 1. The van der Waals surface area contributed by atoms with Crippen LogP contribution in [0, 0.1) is 24.6 Å². The van der Waals surface area contributed by atoms with Crippen LogP contribution in [0.2, 0.25) is 0 Å². The van der Waals surface area contributed by atoms with Gasteiger partial charge in [0.05, 0.1) is 19.3 Å². The number of nitrogens with one attached hydrogen (secondary N) is 1. The Bertz CT molecular complexity index is 929. The van der Waals surface area contributed by atoms with E-state index in [1.807, 2.05) is 13.0 Å². The van der Waals surface area contributed by atoms with Crippen LogP contribution in [0.4, 0.5) is 4.39 Å². The zero-order valence-corrected chi connectivity index (χ0v) is 16.2. The first-order valence-corrected chi connectivity index (χ1v) is 9.68. The fraction of sp³-hybridized carbons (Fsp3) is 0.476. The summed E-state index contributed by atoms with van der Waals surface area (Å²) in [4.78, 5) is 25.1. The predicted octanol–water partition coefficient (Wildman–Crippen LogP) is 2.91. The minimum atomic E-state index is -0.392. The third-order valence-corrected chi connectivity index (χ3v) is 5.87. The number of carbonyl (C=O) groups is 2. The van der Waals surface area contributed by atoms with E-state index in [9.17, 15) is 14.0 Å². The second kappa shape index (κ2) is 7.13. The van der Waals surface area contributed by atoms with Crippen LogP contribution in [0.25, 0.3) is 0 Å². The number of ketones is 1. The van der Waals surface area contributed by atoms with Gasteiger partial charge in [-0.3, -0.25) is 14.3 Å². The lowest BCUT2D eigenvalue weighted by Crippen LogP contribution is -2.32. The van der Waals surface area contributed by atoms with Gasteiger partial charge in [0.2, 0.25) is 0 Å². The zero-order valence-electron chi connectivity index (χ0n) is 16.2. The van der Waals surface area contributed by atoms with E-state index in [-0.39, 0.29) is 29.2 Å². The molecule has 2 aliphatic rings. The molecular formula is C21H24FN3O3. The van der Waals surface area contributed by atoms with Crippen molar-refractivity contribution in [2.75, 3.05) is 13.2 Å². The summed E-state index contributed by atoms with van der Waals surface area (Å²) < 4.78 is 20.9. The van der Waals surface area contributed by atoms with E-state index < -0.39 is 6.04 Å². The fourth-order valence-electron chi connectivity index (χ4n) is 3.87. The molecule has 1 aliphatic heterocycles. The Kier molecular flexibility index (Phi) is 4.79. The smallest absolute Gasteiger partial charge is 0.269 e. The zero-order chi connectivity index (χ0) is 20.0. The average Bonchev–Trinajstić information content (AvgIpc) is 3.10. The van der Waals surface area contributed by atoms with Crippen molar-refractivity contribution in [2.45, 2.75) is 39.3 Å². The van der Waals surface area contributed by atoms with E-state index in [0.717, 1.165) is 0 Å².